The lowest BCUT2D eigenvalue weighted by Gasteiger charge is -2.41. The fourth-order valence-corrected chi connectivity index (χ4v) is 3.09. The standard InChI is InChI=1S/C18H29FN2O/c1-15(2)7-9-21-11-10-20(14-18(21)8-12-22)13-16-3-5-17(19)6-4-16/h3-6,15,18,22H,7-14H2,1-2H3/t18-/m1/s1. The summed E-state index contributed by atoms with van der Waals surface area (Å²) < 4.78 is 13.0. The lowest BCUT2D eigenvalue weighted by molar-refractivity contribution is 0.0524. The van der Waals surface area contributed by atoms with Crippen LogP contribution in [0.3, 0.4) is 0 Å². The molecule has 0 saturated carbocycles. The molecule has 1 fully saturated rings. The number of hydrogen-bond acceptors (Lipinski definition) is 3. The van der Waals surface area contributed by atoms with Gasteiger partial charge in [0.15, 0.2) is 0 Å². The molecule has 0 aliphatic carbocycles. The average molecular weight is 308 g/mol. The van der Waals surface area contributed by atoms with Crippen LogP contribution in [0.25, 0.3) is 0 Å². The van der Waals surface area contributed by atoms with Gasteiger partial charge in [0, 0.05) is 38.8 Å². The molecule has 1 heterocycles. The van der Waals surface area contributed by atoms with Gasteiger partial charge in [-0.2, -0.15) is 0 Å². The maximum Gasteiger partial charge on any atom is 0.123 e. The van der Waals surface area contributed by atoms with Gasteiger partial charge in [0.1, 0.15) is 5.82 Å². The zero-order valence-electron chi connectivity index (χ0n) is 13.8. The van der Waals surface area contributed by atoms with Gasteiger partial charge >= 0.3 is 0 Å². The summed E-state index contributed by atoms with van der Waals surface area (Å²) in [5, 5.41) is 9.33. The van der Waals surface area contributed by atoms with Crippen LogP contribution in [0.15, 0.2) is 24.3 Å². The summed E-state index contributed by atoms with van der Waals surface area (Å²) in [4.78, 5) is 4.94. The van der Waals surface area contributed by atoms with E-state index in [2.05, 4.69) is 23.6 Å². The number of halogens is 1. The van der Waals surface area contributed by atoms with Crippen molar-refractivity contribution in [1.29, 1.82) is 0 Å². The predicted octanol–water partition coefficient (Wildman–Crippen LogP) is 2.74. The van der Waals surface area contributed by atoms with E-state index < -0.39 is 0 Å². The number of nitrogens with zero attached hydrogens (tertiary/aromatic N) is 2. The van der Waals surface area contributed by atoms with Crippen molar-refractivity contribution in [3.8, 4) is 0 Å². The van der Waals surface area contributed by atoms with E-state index in [9.17, 15) is 9.50 Å². The summed E-state index contributed by atoms with van der Waals surface area (Å²) in [5.74, 6) is 0.535. The molecule has 4 heteroatoms. The average Bonchev–Trinajstić information content (AvgIpc) is 2.49. The SMILES string of the molecule is CC(C)CCN1CCN(Cc2ccc(F)cc2)C[C@H]1CCO. The van der Waals surface area contributed by atoms with Crippen LogP contribution in [0, 0.1) is 11.7 Å². The highest BCUT2D eigenvalue weighted by molar-refractivity contribution is 5.16. The van der Waals surface area contributed by atoms with Crippen molar-refractivity contribution in [2.24, 2.45) is 5.92 Å². The van der Waals surface area contributed by atoms with Crippen molar-refractivity contribution >= 4 is 0 Å². The topological polar surface area (TPSA) is 26.7 Å². The molecule has 0 unspecified atom stereocenters. The van der Waals surface area contributed by atoms with Gasteiger partial charge in [0.2, 0.25) is 0 Å². The molecule has 1 aliphatic heterocycles. The smallest absolute Gasteiger partial charge is 0.123 e. The maximum atomic E-state index is 13.0. The van der Waals surface area contributed by atoms with Crippen LogP contribution in [0.1, 0.15) is 32.3 Å². The van der Waals surface area contributed by atoms with Crippen LogP contribution in [-0.2, 0) is 6.54 Å². The third-order valence-electron chi connectivity index (χ3n) is 4.46. The number of aliphatic hydroxyl groups is 1. The summed E-state index contributed by atoms with van der Waals surface area (Å²) in [5.41, 5.74) is 1.15. The van der Waals surface area contributed by atoms with Crippen molar-refractivity contribution in [3.63, 3.8) is 0 Å². The normalized spacial score (nSPS) is 20.7. The van der Waals surface area contributed by atoms with Crippen LogP contribution in [0.5, 0.6) is 0 Å². The Hall–Kier alpha value is -0.970. The summed E-state index contributed by atoms with van der Waals surface area (Å²) in [6.45, 7) is 9.81. The van der Waals surface area contributed by atoms with Crippen LogP contribution >= 0.6 is 0 Å². The number of benzene rings is 1. The molecule has 2 rings (SSSR count). The quantitative estimate of drug-likeness (QED) is 0.839. The molecule has 1 atom stereocenters. The monoisotopic (exact) mass is 308 g/mol. The Balaban J connectivity index is 1.89. The molecule has 22 heavy (non-hydrogen) atoms. The van der Waals surface area contributed by atoms with Gasteiger partial charge in [-0.3, -0.25) is 9.80 Å². The molecule has 3 nitrogen and oxygen atoms in total. The molecule has 1 N–H and O–H groups in total. The van der Waals surface area contributed by atoms with E-state index in [0.717, 1.165) is 44.7 Å². The number of piperazine rings is 1. The van der Waals surface area contributed by atoms with Gasteiger partial charge in [-0.25, -0.2) is 4.39 Å². The maximum absolute atomic E-state index is 13.0. The molecule has 0 bridgehead atoms. The Bertz CT molecular complexity index is 435. The third kappa shape index (κ3) is 5.34. The third-order valence-corrected chi connectivity index (χ3v) is 4.46. The van der Waals surface area contributed by atoms with Crippen LogP contribution in [-0.4, -0.2) is 53.7 Å². The largest absolute Gasteiger partial charge is 0.396 e. The van der Waals surface area contributed by atoms with Gasteiger partial charge in [0.05, 0.1) is 0 Å². The Labute approximate surface area is 133 Å². The van der Waals surface area contributed by atoms with E-state index in [0.29, 0.717) is 12.0 Å². The Kier molecular flexibility index (Phi) is 6.80. The molecule has 0 amide bonds. The van der Waals surface area contributed by atoms with Crippen molar-refractivity contribution in [3.05, 3.63) is 35.6 Å². The lowest BCUT2D eigenvalue weighted by Crippen LogP contribution is -2.53. The summed E-state index contributed by atoms with van der Waals surface area (Å²) >= 11 is 0. The summed E-state index contributed by atoms with van der Waals surface area (Å²) in [7, 11) is 0. The molecule has 0 spiro atoms. The molecule has 1 aliphatic rings. The first-order valence-electron chi connectivity index (χ1n) is 8.40. The van der Waals surface area contributed by atoms with Crippen molar-refractivity contribution < 1.29 is 9.50 Å². The molecule has 1 aromatic rings. The molecular formula is C18H29FN2O. The molecule has 1 saturated heterocycles. The minimum atomic E-state index is -0.180. The van der Waals surface area contributed by atoms with E-state index in [1.807, 2.05) is 12.1 Å². The summed E-state index contributed by atoms with van der Waals surface area (Å²) in [6, 6.07) is 7.21. The highest BCUT2D eigenvalue weighted by Gasteiger charge is 2.26. The van der Waals surface area contributed by atoms with E-state index in [1.165, 1.54) is 18.6 Å². The van der Waals surface area contributed by atoms with Crippen LogP contribution in [0.2, 0.25) is 0 Å². The number of hydrogen-bond donors (Lipinski definition) is 1. The van der Waals surface area contributed by atoms with Gasteiger partial charge < -0.3 is 5.11 Å². The van der Waals surface area contributed by atoms with Gasteiger partial charge in [-0.05, 0) is 43.0 Å². The zero-order chi connectivity index (χ0) is 15.9. The summed E-state index contributed by atoms with van der Waals surface area (Å²) in [6.07, 6.45) is 2.04. The molecular weight excluding hydrogens is 279 g/mol. The molecule has 0 radical (unpaired) electrons. The lowest BCUT2D eigenvalue weighted by atomic mass is 10.0. The van der Waals surface area contributed by atoms with Crippen molar-refractivity contribution in [2.45, 2.75) is 39.3 Å². The minimum absolute atomic E-state index is 0.180. The van der Waals surface area contributed by atoms with Crippen molar-refractivity contribution in [1.82, 2.24) is 9.80 Å². The van der Waals surface area contributed by atoms with E-state index in [1.54, 1.807) is 0 Å². The molecule has 1 aromatic carbocycles. The van der Waals surface area contributed by atoms with Crippen LogP contribution in [0.4, 0.5) is 4.39 Å². The van der Waals surface area contributed by atoms with Crippen LogP contribution < -0.4 is 0 Å². The molecule has 0 aromatic heterocycles. The van der Waals surface area contributed by atoms with Crippen molar-refractivity contribution in [2.75, 3.05) is 32.8 Å². The highest BCUT2D eigenvalue weighted by Crippen LogP contribution is 2.17. The minimum Gasteiger partial charge on any atom is -0.396 e. The van der Waals surface area contributed by atoms with Gasteiger partial charge in [-0.15, -0.1) is 0 Å². The first kappa shape index (κ1) is 17.4. The Morgan fingerprint density at radius 2 is 1.95 bits per heavy atom. The second-order valence-electron chi connectivity index (χ2n) is 6.75. The van der Waals surface area contributed by atoms with E-state index in [4.69, 9.17) is 0 Å². The number of rotatable bonds is 7. The van der Waals surface area contributed by atoms with E-state index in [-0.39, 0.29) is 12.4 Å². The molecule has 124 valence electrons. The number of aliphatic hydroxyl groups excluding tert-OH is 1. The second kappa shape index (κ2) is 8.61. The van der Waals surface area contributed by atoms with Gasteiger partial charge in [-0.1, -0.05) is 26.0 Å². The highest BCUT2D eigenvalue weighted by atomic mass is 19.1. The zero-order valence-corrected chi connectivity index (χ0v) is 13.8. The van der Waals surface area contributed by atoms with Gasteiger partial charge in [0.25, 0.3) is 0 Å². The predicted molar refractivity (Wildman–Crippen MR) is 88.2 cm³/mol. The van der Waals surface area contributed by atoms with E-state index >= 15 is 0 Å². The first-order chi connectivity index (χ1) is 10.6. The fourth-order valence-electron chi connectivity index (χ4n) is 3.09. The second-order valence-corrected chi connectivity index (χ2v) is 6.75. The Morgan fingerprint density at radius 3 is 2.59 bits per heavy atom. The fraction of sp³-hybridized carbons (Fsp3) is 0.667. The Morgan fingerprint density at radius 1 is 1.23 bits per heavy atom. The first-order valence-corrected chi connectivity index (χ1v) is 8.40.